The molecule has 6 aliphatic rings. The van der Waals surface area contributed by atoms with Gasteiger partial charge in [0.05, 0.1) is 43.3 Å². The molecule has 6 N–H and O–H groups in total. The van der Waals surface area contributed by atoms with E-state index in [0.29, 0.717) is 47.7 Å². The predicted octanol–water partition coefficient (Wildman–Crippen LogP) is 3.87. The molecule has 7 heterocycles. The Labute approximate surface area is 321 Å². The van der Waals surface area contributed by atoms with Crippen LogP contribution in [0.25, 0.3) is 10.9 Å². The third kappa shape index (κ3) is 4.89. The number of nitrogens with one attached hydrogen (secondary N) is 2. The molecule has 0 saturated carbocycles. The number of ether oxygens (including phenoxy) is 4. The topological polar surface area (TPSA) is 186 Å². The van der Waals surface area contributed by atoms with Crippen molar-refractivity contribution in [2.75, 3.05) is 40.2 Å². The molecular weight excluding hydrogens is 729 g/mol. The van der Waals surface area contributed by atoms with Crippen molar-refractivity contribution in [2.24, 2.45) is 0 Å². The second kappa shape index (κ2) is 12.7. The summed E-state index contributed by atoms with van der Waals surface area (Å²) >= 11 is 1.40. The maximum atomic E-state index is 14.7. The molecule has 2 saturated heterocycles. The van der Waals surface area contributed by atoms with Gasteiger partial charge in [0.15, 0.2) is 28.5 Å². The van der Waals surface area contributed by atoms with Crippen molar-refractivity contribution in [3.8, 4) is 34.5 Å². The van der Waals surface area contributed by atoms with Crippen LogP contribution >= 0.6 is 11.8 Å². The Morgan fingerprint density at radius 2 is 1.82 bits per heavy atom. The number of likely N-dealkylation sites (N-methyl/N-ethyl adjacent to an activating group) is 1. The smallest absolute Gasteiger partial charge is 0.333 e. The van der Waals surface area contributed by atoms with E-state index in [-0.39, 0.29) is 35.0 Å². The minimum atomic E-state index is -1.35. The summed E-state index contributed by atoms with van der Waals surface area (Å²) in [6.45, 7) is 4.88. The van der Waals surface area contributed by atoms with Gasteiger partial charge in [0.25, 0.3) is 0 Å². The van der Waals surface area contributed by atoms with Crippen LogP contribution in [0.15, 0.2) is 24.3 Å². The second-order valence-electron chi connectivity index (χ2n) is 15.3. The molecule has 3 aromatic carbocycles. The highest BCUT2D eigenvalue weighted by atomic mass is 32.2. The largest absolute Gasteiger partial charge is 0.504 e. The van der Waals surface area contributed by atoms with Gasteiger partial charge >= 0.3 is 11.9 Å². The summed E-state index contributed by atoms with van der Waals surface area (Å²) in [5.74, 6) is -0.814. The minimum Gasteiger partial charge on any atom is -0.504 e. The van der Waals surface area contributed by atoms with E-state index in [1.165, 1.54) is 25.8 Å². The van der Waals surface area contributed by atoms with Crippen LogP contribution in [0.2, 0.25) is 0 Å². The molecule has 0 aliphatic carbocycles. The zero-order valence-electron chi connectivity index (χ0n) is 31.4. The average molecular weight is 773 g/mol. The van der Waals surface area contributed by atoms with Gasteiger partial charge in [-0.1, -0.05) is 6.07 Å². The lowest BCUT2D eigenvalue weighted by molar-refractivity contribution is -0.186. The number of aromatic amines is 1. The normalized spacial score (nSPS) is 28.5. The number of piperazine rings is 1. The van der Waals surface area contributed by atoms with Gasteiger partial charge in [-0.25, -0.2) is 4.79 Å². The number of phenolic OH excluding ortho intramolecular Hbond substituents is 3. The first-order valence-corrected chi connectivity index (χ1v) is 19.4. The van der Waals surface area contributed by atoms with E-state index in [1.54, 1.807) is 14.0 Å². The quantitative estimate of drug-likeness (QED) is 0.100. The van der Waals surface area contributed by atoms with Crippen LogP contribution < -0.4 is 19.5 Å². The molecule has 290 valence electrons. The number of H-pyrrole nitrogens is 1. The first-order chi connectivity index (χ1) is 26.3. The molecule has 0 amide bonds. The van der Waals surface area contributed by atoms with E-state index in [2.05, 4.69) is 15.2 Å². The Kier molecular flexibility index (Phi) is 8.30. The summed E-state index contributed by atoms with van der Waals surface area (Å²) in [7, 11) is 5.05. The number of aliphatic hydroxyl groups is 1. The average Bonchev–Trinajstić information content (AvgIpc) is 3.54. The molecule has 14 nitrogen and oxygen atoms in total. The van der Waals surface area contributed by atoms with E-state index in [9.17, 15) is 30.0 Å². The van der Waals surface area contributed by atoms with Crippen LogP contribution in [0, 0.1) is 13.8 Å². The number of carbonyl (C=O) groups is 2. The van der Waals surface area contributed by atoms with Gasteiger partial charge in [0, 0.05) is 58.4 Å². The van der Waals surface area contributed by atoms with Gasteiger partial charge in [0.2, 0.25) is 0 Å². The van der Waals surface area contributed by atoms with Gasteiger partial charge in [-0.05, 0) is 68.6 Å². The Morgan fingerprint density at radius 3 is 2.55 bits per heavy atom. The maximum Gasteiger partial charge on any atom is 0.333 e. The van der Waals surface area contributed by atoms with Gasteiger partial charge in [0.1, 0.15) is 24.3 Å². The fraction of sp³-hybridized carbons (Fsp3) is 0.450. The summed E-state index contributed by atoms with van der Waals surface area (Å²) < 4.78 is 23.5. The molecule has 15 heteroatoms. The van der Waals surface area contributed by atoms with E-state index < -0.39 is 64.6 Å². The molecule has 55 heavy (non-hydrogen) atoms. The van der Waals surface area contributed by atoms with Gasteiger partial charge in [-0.2, -0.15) is 0 Å². The molecule has 4 bridgehead atoms. The molecule has 6 aliphatic heterocycles. The lowest BCUT2D eigenvalue weighted by Crippen LogP contribution is -2.70. The lowest BCUT2D eigenvalue weighted by atomic mass is 9.73. The fourth-order valence-corrected chi connectivity index (χ4v) is 11.8. The number of hydrogen-bond acceptors (Lipinski definition) is 14. The lowest BCUT2D eigenvalue weighted by Gasteiger charge is -2.62. The Hall–Kier alpha value is -4.67. The Bertz CT molecular complexity index is 2310. The molecular formula is C40H44N4O10S. The third-order valence-corrected chi connectivity index (χ3v) is 14.0. The molecule has 1 spiro atoms. The molecule has 10 rings (SSSR count). The zero-order valence-corrected chi connectivity index (χ0v) is 32.2. The summed E-state index contributed by atoms with van der Waals surface area (Å²) in [5.41, 5.74) is 4.26. The van der Waals surface area contributed by atoms with Crippen molar-refractivity contribution < 1.29 is 49.0 Å². The van der Waals surface area contributed by atoms with Gasteiger partial charge in [-0.3, -0.25) is 19.9 Å². The van der Waals surface area contributed by atoms with Crippen molar-refractivity contribution in [1.82, 2.24) is 20.1 Å². The Morgan fingerprint density at radius 1 is 1.04 bits per heavy atom. The van der Waals surface area contributed by atoms with E-state index in [4.69, 9.17) is 18.9 Å². The zero-order chi connectivity index (χ0) is 38.8. The third-order valence-electron chi connectivity index (χ3n) is 12.6. The number of aromatic nitrogens is 1. The number of aryl methyl sites for hydroxylation is 1. The molecule has 2 fully saturated rings. The van der Waals surface area contributed by atoms with E-state index in [0.717, 1.165) is 27.6 Å². The molecule has 1 aromatic heterocycles. The number of aromatic hydroxyl groups is 3. The van der Waals surface area contributed by atoms with Gasteiger partial charge < -0.3 is 44.4 Å². The summed E-state index contributed by atoms with van der Waals surface area (Å²) in [6, 6.07) is 5.08. The van der Waals surface area contributed by atoms with E-state index in [1.807, 2.05) is 43.1 Å². The SMILES string of the molecule is COc1ccc2[nH]c3c(c2c1)CCN[C@]31CS[C@@H]2c3c(OC(C)=O)c(C)c(O)c(O)c3[C@H](COC1=O)N1[C@@H]2[C@H]2c3c(cc(C)c(OC)c3O)C[C@@H]([C@@H]1O)N2C. The number of hydrogen-bond donors (Lipinski definition) is 6. The summed E-state index contributed by atoms with van der Waals surface area (Å²) in [6.07, 6.45) is -0.0956. The number of rotatable bonds is 3. The van der Waals surface area contributed by atoms with Crippen LogP contribution in [-0.4, -0.2) is 106 Å². The Balaban J connectivity index is 1.30. The number of esters is 2. The summed E-state index contributed by atoms with van der Waals surface area (Å²) in [4.78, 5) is 35.0. The first kappa shape index (κ1) is 36.0. The fourth-order valence-electron chi connectivity index (χ4n) is 10.1. The highest BCUT2D eigenvalue weighted by molar-refractivity contribution is 7.99. The molecule has 0 radical (unpaired) electrons. The number of thioether (sulfide) groups is 1. The minimum absolute atomic E-state index is 0.00210. The van der Waals surface area contributed by atoms with Crippen molar-refractivity contribution in [2.45, 2.75) is 74.8 Å². The number of benzene rings is 3. The first-order valence-electron chi connectivity index (χ1n) is 18.4. The molecule has 0 unspecified atom stereocenters. The number of phenols is 3. The summed E-state index contributed by atoms with van der Waals surface area (Å²) in [5, 5.41) is 51.3. The highest BCUT2D eigenvalue weighted by Gasteiger charge is 2.61. The van der Waals surface area contributed by atoms with Crippen LogP contribution in [0.4, 0.5) is 0 Å². The predicted molar refractivity (Wildman–Crippen MR) is 202 cm³/mol. The van der Waals surface area contributed by atoms with Crippen LogP contribution in [-0.2, 0) is 32.7 Å². The second-order valence-corrected chi connectivity index (χ2v) is 16.4. The van der Waals surface area contributed by atoms with Crippen LogP contribution in [0.5, 0.6) is 34.5 Å². The standard InChI is InChI=1S/C40H44N4O10S/c1-16-11-19-12-24-38(49)44-25-14-53-39(50)40(37-21(9-10-41-40)22-13-20(51-5)7-8-23(22)42-37)15-55-36(30(44)29(43(24)4)26(19)33(48)34(16)52-6)28-27(25)32(47)31(46)17(2)35(28)54-18(3)45/h7-8,11,13,24-25,29-30,36,38,41-42,46-49H,9-10,12,14-15H2,1-6H3/t24-,25-,29+,30+,36+,38-,40+/m0/s1. The number of nitrogens with zero attached hydrogens (tertiary/aromatic N) is 2. The molecule has 7 atom stereocenters. The van der Waals surface area contributed by atoms with Crippen molar-refractivity contribution in [3.05, 3.63) is 68.9 Å². The number of methoxy groups -OCH3 is 2. The van der Waals surface area contributed by atoms with Crippen LogP contribution in [0.3, 0.4) is 0 Å². The molecule has 4 aromatic rings. The maximum absolute atomic E-state index is 14.7. The van der Waals surface area contributed by atoms with Crippen LogP contribution in [0.1, 0.15) is 68.9 Å². The van der Waals surface area contributed by atoms with E-state index >= 15 is 0 Å². The highest BCUT2D eigenvalue weighted by Crippen LogP contribution is 2.63. The number of carbonyl (C=O) groups excluding carboxylic acids is 2. The number of fused-ring (bicyclic) bond motifs is 10. The number of aliphatic hydroxyl groups excluding tert-OH is 1. The van der Waals surface area contributed by atoms with Crippen molar-refractivity contribution >= 4 is 34.6 Å². The van der Waals surface area contributed by atoms with Crippen molar-refractivity contribution in [1.29, 1.82) is 0 Å². The monoisotopic (exact) mass is 772 g/mol. The van der Waals surface area contributed by atoms with Gasteiger partial charge in [-0.15, -0.1) is 11.8 Å². The van der Waals surface area contributed by atoms with Crippen molar-refractivity contribution in [3.63, 3.8) is 0 Å².